The zero-order chi connectivity index (χ0) is 24.4. The van der Waals surface area contributed by atoms with Gasteiger partial charge in [0, 0.05) is 10.9 Å². The Labute approximate surface area is 211 Å². The average molecular weight is 523 g/mol. The van der Waals surface area contributed by atoms with Gasteiger partial charge in [0.05, 0.1) is 33.5 Å². The van der Waals surface area contributed by atoms with E-state index in [1.54, 1.807) is 25.1 Å². The van der Waals surface area contributed by atoms with Crippen molar-refractivity contribution in [3.05, 3.63) is 69.8 Å². The summed E-state index contributed by atoms with van der Waals surface area (Å²) >= 11 is 3.81. The monoisotopic (exact) mass is 522 g/mol. The molecule has 8 nitrogen and oxygen atoms in total. The second kappa shape index (κ2) is 9.98. The number of carbonyl (C=O) groups excluding carboxylic acids is 2. The van der Waals surface area contributed by atoms with Crippen molar-refractivity contribution in [2.24, 2.45) is 0 Å². The van der Waals surface area contributed by atoms with E-state index in [-0.39, 0.29) is 17.2 Å². The lowest BCUT2D eigenvalue weighted by molar-refractivity contribution is -0.113. The van der Waals surface area contributed by atoms with E-state index in [0.717, 1.165) is 27.6 Å². The standard InChI is InChI=1S/C24H18N4O4S3/c1-2-32-22(31)14-8-9-16-17(10-14)35-24(25-16)26-18(29)12-34-23-27-20(30)19-15(11-33-21(19)28-23)13-6-4-3-5-7-13/h3-11H,2,12H2,1H3,(H,25,26,29)(H,27,28,30). The molecule has 5 rings (SSSR count). The quantitative estimate of drug-likeness (QED) is 0.172. The first-order valence-electron chi connectivity index (χ1n) is 10.6. The van der Waals surface area contributed by atoms with Crippen molar-refractivity contribution in [3.8, 4) is 11.1 Å². The summed E-state index contributed by atoms with van der Waals surface area (Å²) in [5, 5.41) is 6.04. The topological polar surface area (TPSA) is 114 Å². The number of H-pyrrole nitrogens is 1. The van der Waals surface area contributed by atoms with E-state index in [1.165, 1.54) is 22.7 Å². The second-order valence-corrected chi connectivity index (χ2v) is 10.2. The van der Waals surface area contributed by atoms with Crippen LogP contribution in [-0.2, 0) is 9.53 Å². The van der Waals surface area contributed by atoms with Crippen LogP contribution in [0.3, 0.4) is 0 Å². The summed E-state index contributed by atoms with van der Waals surface area (Å²) in [6.07, 6.45) is 0. The molecule has 2 N–H and O–H groups in total. The maximum atomic E-state index is 12.8. The van der Waals surface area contributed by atoms with Gasteiger partial charge in [-0.1, -0.05) is 53.4 Å². The lowest BCUT2D eigenvalue weighted by Gasteiger charge is -2.03. The van der Waals surface area contributed by atoms with Gasteiger partial charge >= 0.3 is 5.97 Å². The van der Waals surface area contributed by atoms with E-state index in [4.69, 9.17) is 4.74 Å². The minimum Gasteiger partial charge on any atom is -0.462 e. The predicted octanol–water partition coefficient (Wildman–Crippen LogP) is 5.17. The lowest BCUT2D eigenvalue weighted by Crippen LogP contribution is -2.15. The second-order valence-electron chi connectivity index (χ2n) is 7.33. The van der Waals surface area contributed by atoms with Gasteiger partial charge in [-0.25, -0.2) is 14.8 Å². The van der Waals surface area contributed by atoms with Gasteiger partial charge in [0.1, 0.15) is 4.83 Å². The molecule has 11 heteroatoms. The van der Waals surface area contributed by atoms with Gasteiger partial charge in [-0.15, -0.1) is 11.3 Å². The molecular weight excluding hydrogens is 504 g/mol. The Morgan fingerprint density at radius 1 is 1.14 bits per heavy atom. The number of nitrogens with one attached hydrogen (secondary N) is 2. The number of hydrogen-bond acceptors (Lipinski definition) is 9. The fraction of sp³-hybridized carbons (Fsp3) is 0.125. The number of ether oxygens (including phenoxy) is 1. The summed E-state index contributed by atoms with van der Waals surface area (Å²) in [5.41, 5.74) is 2.67. The van der Waals surface area contributed by atoms with Gasteiger partial charge in [0.2, 0.25) is 5.91 Å². The molecule has 0 aliphatic rings. The largest absolute Gasteiger partial charge is 0.462 e. The number of aromatic nitrogens is 3. The number of hydrogen-bond donors (Lipinski definition) is 2. The number of aromatic amines is 1. The third-order valence-corrected chi connectivity index (χ3v) is 7.67. The number of nitrogens with zero attached hydrogens (tertiary/aromatic N) is 2. The zero-order valence-electron chi connectivity index (χ0n) is 18.4. The van der Waals surface area contributed by atoms with Crippen LogP contribution in [0.15, 0.2) is 63.9 Å². The van der Waals surface area contributed by atoms with Crippen molar-refractivity contribution in [2.45, 2.75) is 12.1 Å². The number of thioether (sulfide) groups is 1. The molecule has 3 heterocycles. The van der Waals surface area contributed by atoms with Crippen molar-refractivity contribution < 1.29 is 14.3 Å². The molecule has 35 heavy (non-hydrogen) atoms. The highest BCUT2D eigenvalue weighted by Gasteiger charge is 2.15. The van der Waals surface area contributed by atoms with Gasteiger partial charge in [0.15, 0.2) is 10.3 Å². The molecule has 0 aliphatic carbocycles. The maximum absolute atomic E-state index is 12.8. The fourth-order valence-corrected chi connectivity index (χ4v) is 6.02. The summed E-state index contributed by atoms with van der Waals surface area (Å²) < 4.78 is 5.79. The number of esters is 1. The SMILES string of the molecule is CCOC(=O)c1ccc2nc(NC(=O)CSc3nc4scc(-c5ccccc5)c4c(=O)[nH]3)sc2c1. The molecule has 3 aromatic heterocycles. The zero-order valence-corrected chi connectivity index (χ0v) is 20.8. The van der Waals surface area contributed by atoms with E-state index < -0.39 is 5.97 Å². The summed E-state index contributed by atoms with van der Waals surface area (Å²) in [6, 6.07) is 14.7. The molecule has 0 atom stereocenters. The number of carbonyl (C=O) groups is 2. The highest BCUT2D eigenvalue weighted by atomic mass is 32.2. The molecule has 0 saturated heterocycles. The van der Waals surface area contributed by atoms with Crippen molar-refractivity contribution >= 4 is 71.9 Å². The van der Waals surface area contributed by atoms with E-state index in [2.05, 4.69) is 20.3 Å². The van der Waals surface area contributed by atoms with Gasteiger partial charge in [0.25, 0.3) is 5.56 Å². The molecule has 0 aliphatic heterocycles. The first kappa shape index (κ1) is 23.2. The number of amides is 1. The number of thiazole rings is 1. The van der Waals surface area contributed by atoms with Crippen LogP contribution in [0.1, 0.15) is 17.3 Å². The van der Waals surface area contributed by atoms with Crippen LogP contribution in [0.4, 0.5) is 5.13 Å². The van der Waals surface area contributed by atoms with E-state index in [9.17, 15) is 14.4 Å². The van der Waals surface area contributed by atoms with Gasteiger partial charge < -0.3 is 15.0 Å². The van der Waals surface area contributed by atoms with Crippen LogP contribution in [-0.4, -0.2) is 39.2 Å². The summed E-state index contributed by atoms with van der Waals surface area (Å²) in [6.45, 7) is 2.05. The van der Waals surface area contributed by atoms with Crippen LogP contribution in [0.25, 0.3) is 31.6 Å². The van der Waals surface area contributed by atoms with Gasteiger partial charge in [-0.05, 0) is 30.7 Å². The number of benzene rings is 2. The van der Waals surface area contributed by atoms with Gasteiger partial charge in [-0.2, -0.15) is 0 Å². The van der Waals surface area contributed by atoms with Crippen LogP contribution in [0, 0.1) is 0 Å². The molecule has 0 spiro atoms. The minimum absolute atomic E-state index is 0.0510. The Morgan fingerprint density at radius 2 is 1.97 bits per heavy atom. The third kappa shape index (κ3) is 4.97. The number of thiophene rings is 1. The lowest BCUT2D eigenvalue weighted by atomic mass is 10.1. The molecule has 0 radical (unpaired) electrons. The average Bonchev–Trinajstić information content (AvgIpc) is 3.47. The van der Waals surface area contributed by atoms with Crippen LogP contribution < -0.4 is 10.9 Å². The van der Waals surface area contributed by atoms with E-state index >= 15 is 0 Å². The molecule has 176 valence electrons. The van der Waals surface area contributed by atoms with E-state index in [1.807, 2.05) is 35.7 Å². The Hall–Kier alpha value is -3.54. The molecule has 5 aromatic rings. The van der Waals surface area contributed by atoms with Crippen molar-refractivity contribution in [2.75, 3.05) is 17.7 Å². The van der Waals surface area contributed by atoms with Crippen molar-refractivity contribution in [1.29, 1.82) is 0 Å². The summed E-state index contributed by atoms with van der Waals surface area (Å²) in [5.74, 6) is -0.626. The van der Waals surface area contributed by atoms with Gasteiger partial charge in [-0.3, -0.25) is 9.59 Å². The van der Waals surface area contributed by atoms with Crippen molar-refractivity contribution in [1.82, 2.24) is 15.0 Å². The number of anilines is 1. The Kier molecular flexibility index (Phi) is 6.62. The third-order valence-electron chi connectivity index (χ3n) is 4.99. The normalized spacial score (nSPS) is 11.1. The molecule has 1 amide bonds. The Bertz CT molecular complexity index is 1610. The maximum Gasteiger partial charge on any atom is 0.338 e. The fourth-order valence-electron chi connectivity index (χ4n) is 3.44. The minimum atomic E-state index is -0.398. The Balaban J connectivity index is 1.27. The summed E-state index contributed by atoms with van der Waals surface area (Å²) in [4.78, 5) is 49.5. The molecule has 0 saturated carbocycles. The highest BCUT2D eigenvalue weighted by molar-refractivity contribution is 7.99. The number of fused-ring (bicyclic) bond motifs is 2. The highest BCUT2D eigenvalue weighted by Crippen LogP contribution is 2.31. The van der Waals surface area contributed by atoms with Crippen LogP contribution in [0.5, 0.6) is 0 Å². The Morgan fingerprint density at radius 3 is 2.77 bits per heavy atom. The van der Waals surface area contributed by atoms with E-state index in [0.29, 0.717) is 38.2 Å². The first-order valence-corrected chi connectivity index (χ1v) is 13.3. The molecule has 0 fully saturated rings. The molecule has 0 unspecified atom stereocenters. The number of rotatable bonds is 7. The molecule has 2 aromatic carbocycles. The summed E-state index contributed by atoms with van der Waals surface area (Å²) in [7, 11) is 0. The predicted molar refractivity (Wildman–Crippen MR) is 141 cm³/mol. The van der Waals surface area contributed by atoms with Crippen LogP contribution in [0.2, 0.25) is 0 Å². The van der Waals surface area contributed by atoms with Crippen LogP contribution >= 0.6 is 34.4 Å². The molecular formula is C24H18N4O4S3. The molecule has 0 bridgehead atoms. The first-order chi connectivity index (χ1) is 17.0. The van der Waals surface area contributed by atoms with Crippen molar-refractivity contribution in [3.63, 3.8) is 0 Å². The smallest absolute Gasteiger partial charge is 0.338 e.